The molecular weight excluding hydrogens is 242 g/mol. The van der Waals surface area contributed by atoms with Crippen LogP contribution in [0.5, 0.6) is 0 Å². The minimum atomic E-state index is 0.513. The predicted octanol–water partition coefficient (Wildman–Crippen LogP) is 1.70. The van der Waals surface area contributed by atoms with Crippen molar-refractivity contribution in [2.45, 2.75) is 6.04 Å². The van der Waals surface area contributed by atoms with Gasteiger partial charge in [0.05, 0.1) is 17.7 Å². The van der Waals surface area contributed by atoms with Crippen LogP contribution in [0, 0.1) is 11.3 Å². The van der Waals surface area contributed by atoms with E-state index in [1.807, 2.05) is 18.2 Å². The summed E-state index contributed by atoms with van der Waals surface area (Å²) >= 11 is 3.44. The second kappa shape index (κ2) is 3.99. The quantitative estimate of drug-likeness (QED) is 0.842. The maximum Gasteiger partial charge on any atom is 0.0992 e. The van der Waals surface area contributed by atoms with Crippen molar-refractivity contribution in [2.75, 3.05) is 18.4 Å². The summed E-state index contributed by atoms with van der Waals surface area (Å²) in [5.74, 6) is 0. The summed E-state index contributed by atoms with van der Waals surface area (Å²) in [5.41, 5.74) is 1.73. The Kier molecular flexibility index (Phi) is 2.71. The lowest BCUT2D eigenvalue weighted by molar-refractivity contribution is 0.472. The summed E-state index contributed by atoms with van der Waals surface area (Å²) in [6, 6.07) is 8.20. The average molecular weight is 252 g/mol. The molecule has 2 rings (SSSR count). The van der Waals surface area contributed by atoms with E-state index in [4.69, 9.17) is 5.26 Å². The zero-order valence-electron chi connectivity index (χ0n) is 7.55. The summed E-state index contributed by atoms with van der Waals surface area (Å²) in [5, 5.41) is 15.3. The maximum atomic E-state index is 8.69. The lowest BCUT2D eigenvalue weighted by Gasteiger charge is -2.29. The standard InChI is InChI=1S/C10H10BrN3/c11-9-3-7(4-12)1-2-10(9)14-8-5-13-6-8/h1-3,8,13-14H,5-6H2. The molecule has 0 saturated carbocycles. The van der Waals surface area contributed by atoms with Crippen LogP contribution >= 0.6 is 15.9 Å². The van der Waals surface area contributed by atoms with Crippen molar-refractivity contribution in [2.24, 2.45) is 0 Å². The lowest BCUT2D eigenvalue weighted by atomic mass is 10.1. The van der Waals surface area contributed by atoms with E-state index < -0.39 is 0 Å². The first-order chi connectivity index (χ1) is 6.79. The number of hydrogen-bond acceptors (Lipinski definition) is 3. The van der Waals surface area contributed by atoms with E-state index in [2.05, 4.69) is 32.6 Å². The number of nitrogens with one attached hydrogen (secondary N) is 2. The molecule has 1 heterocycles. The zero-order valence-corrected chi connectivity index (χ0v) is 9.13. The average Bonchev–Trinajstić information content (AvgIpc) is 2.13. The van der Waals surface area contributed by atoms with E-state index in [9.17, 15) is 0 Å². The minimum absolute atomic E-state index is 0.513. The fraction of sp³-hybridized carbons (Fsp3) is 0.300. The second-order valence-electron chi connectivity index (χ2n) is 3.31. The third kappa shape index (κ3) is 1.89. The van der Waals surface area contributed by atoms with Crippen LogP contribution in [0.3, 0.4) is 0 Å². The Bertz CT molecular complexity index is 379. The van der Waals surface area contributed by atoms with Crippen LogP contribution in [0.4, 0.5) is 5.69 Å². The third-order valence-corrected chi connectivity index (χ3v) is 2.90. The number of halogens is 1. The van der Waals surface area contributed by atoms with E-state index in [1.165, 1.54) is 0 Å². The highest BCUT2D eigenvalue weighted by Crippen LogP contribution is 2.24. The van der Waals surface area contributed by atoms with Crippen molar-refractivity contribution < 1.29 is 0 Å². The topological polar surface area (TPSA) is 47.9 Å². The molecule has 4 heteroatoms. The first kappa shape index (κ1) is 9.50. The van der Waals surface area contributed by atoms with Crippen LogP contribution < -0.4 is 10.6 Å². The first-order valence-corrected chi connectivity index (χ1v) is 5.26. The fourth-order valence-electron chi connectivity index (χ4n) is 1.31. The smallest absolute Gasteiger partial charge is 0.0992 e. The van der Waals surface area contributed by atoms with Gasteiger partial charge in [-0.3, -0.25) is 0 Å². The van der Waals surface area contributed by atoms with Crippen LogP contribution in [-0.2, 0) is 0 Å². The highest BCUT2D eigenvalue weighted by Gasteiger charge is 2.16. The number of benzene rings is 1. The summed E-state index contributed by atoms with van der Waals surface area (Å²) < 4.78 is 0.948. The molecule has 0 spiro atoms. The Labute approximate surface area is 91.2 Å². The molecule has 1 aliphatic rings. The number of hydrogen-bond donors (Lipinski definition) is 2. The van der Waals surface area contributed by atoms with Crippen molar-refractivity contribution >= 4 is 21.6 Å². The van der Waals surface area contributed by atoms with Crippen molar-refractivity contribution in [3.63, 3.8) is 0 Å². The minimum Gasteiger partial charge on any atom is -0.379 e. The summed E-state index contributed by atoms with van der Waals surface area (Å²) in [4.78, 5) is 0. The van der Waals surface area contributed by atoms with Crippen molar-refractivity contribution in [1.29, 1.82) is 5.26 Å². The Balaban J connectivity index is 2.14. The van der Waals surface area contributed by atoms with Gasteiger partial charge in [0, 0.05) is 23.2 Å². The lowest BCUT2D eigenvalue weighted by Crippen LogP contribution is -2.51. The molecule has 14 heavy (non-hydrogen) atoms. The third-order valence-electron chi connectivity index (χ3n) is 2.24. The molecule has 1 aromatic rings. The van der Waals surface area contributed by atoms with E-state index in [0.29, 0.717) is 11.6 Å². The van der Waals surface area contributed by atoms with Gasteiger partial charge in [-0.1, -0.05) is 0 Å². The number of nitriles is 1. The van der Waals surface area contributed by atoms with Crippen molar-refractivity contribution in [3.05, 3.63) is 28.2 Å². The molecule has 0 bridgehead atoms. The highest BCUT2D eigenvalue weighted by atomic mass is 79.9. The number of rotatable bonds is 2. The van der Waals surface area contributed by atoms with E-state index in [0.717, 1.165) is 23.2 Å². The van der Waals surface area contributed by atoms with E-state index in [1.54, 1.807) is 0 Å². The molecule has 1 aliphatic heterocycles. The van der Waals surface area contributed by atoms with Crippen LogP contribution in [0.15, 0.2) is 22.7 Å². The number of anilines is 1. The largest absolute Gasteiger partial charge is 0.379 e. The SMILES string of the molecule is N#Cc1ccc(NC2CNC2)c(Br)c1. The molecule has 3 nitrogen and oxygen atoms in total. The van der Waals surface area contributed by atoms with Gasteiger partial charge < -0.3 is 10.6 Å². The molecule has 0 unspecified atom stereocenters. The normalized spacial score (nSPS) is 15.7. The Morgan fingerprint density at radius 3 is 2.79 bits per heavy atom. The molecule has 0 atom stereocenters. The molecule has 1 saturated heterocycles. The monoisotopic (exact) mass is 251 g/mol. The van der Waals surface area contributed by atoms with Gasteiger partial charge >= 0.3 is 0 Å². The Hall–Kier alpha value is -1.05. The van der Waals surface area contributed by atoms with Crippen LogP contribution in [-0.4, -0.2) is 19.1 Å². The van der Waals surface area contributed by atoms with E-state index >= 15 is 0 Å². The molecular formula is C10H10BrN3. The summed E-state index contributed by atoms with van der Waals surface area (Å²) in [6.07, 6.45) is 0. The van der Waals surface area contributed by atoms with Crippen LogP contribution in [0.1, 0.15) is 5.56 Å². The Morgan fingerprint density at radius 1 is 1.50 bits per heavy atom. The predicted molar refractivity (Wildman–Crippen MR) is 59.1 cm³/mol. The van der Waals surface area contributed by atoms with Gasteiger partial charge in [0.2, 0.25) is 0 Å². The molecule has 0 radical (unpaired) electrons. The Morgan fingerprint density at radius 2 is 2.29 bits per heavy atom. The fourth-order valence-corrected chi connectivity index (χ4v) is 1.81. The van der Waals surface area contributed by atoms with Gasteiger partial charge in [0.25, 0.3) is 0 Å². The second-order valence-corrected chi connectivity index (χ2v) is 4.16. The first-order valence-electron chi connectivity index (χ1n) is 4.46. The van der Waals surface area contributed by atoms with Gasteiger partial charge in [-0.2, -0.15) is 5.26 Å². The highest BCUT2D eigenvalue weighted by molar-refractivity contribution is 9.10. The number of nitrogens with zero attached hydrogens (tertiary/aromatic N) is 1. The summed E-state index contributed by atoms with van der Waals surface area (Å²) in [6.45, 7) is 2.01. The molecule has 0 amide bonds. The molecule has 1 fully saturated rings. The van der Waals surface area contributed by atoms with Crippen LogP contribution in [0.2, 0.25) is 0 Å². The van der Waals surface area contributed by atoms with Gasteiger partial charge in [0.15, 0.2) is 0 Å². The zero-order chi connectivity index (χ0) is 9.97. The summed E-state index contributed by atoms with van der Waals surface area (Å²) in [7, 11) is 0. The van der Waals surface area contributed by atoms with Crippen LogP contribution in [0.25, 0.3) is 0 Å². The molecule has 2 N–H and O–H groups in total. The molecule has 72 valence electrons. The van der Waals surface area contributed by atoms with Gasteiger partial charge in [-0.15, -0.1) is 0 Å². The molecule has 0 aromatic heterocycles. The van der Waals surface area contributed by atoms with Crippen molar-refractivity contribution in [1.82, 2.24) is 5.32 Å². The van der Waals surface area contributed by atoms with Gasteiger partial charge in [0.1, 0.15) is 0 Å². The molecule has 1 aromatic carbocycles. The van der Waals surface area contributed by atoms with E-state index in [-0.39, 0.29) is 0 Å². The van der Waals surface area contributed by atoms with Crippen molar-refractivity contribution in [3.8, 4) is 6.07 Å². The van der Waals surface area contributed by atoms with Gasteiger partial charge in [-0.05, 0) is 34.1 Å². The maximum absolute atomic E-state index is 8.69. The molecule has 0 aliphatic carbocycles. The van der Waals surface area contributed by atoms with Gasteiger partial charge in [-0.25, -0.2) is 0 Å².